The minimum atomic E-state index is -0.353. The molecule has 1 heterocycles. The Hall–Kier alpha value is -0.590. The second kappa shape index (κ2) is 7.43. The molecule has 5 nitrogen and oxygen atoms in total. The van der Waals surface area contributed by atoms with Crippen LogP contribution in [0.25, 0.3) is 0 Å². The van der Waals surface area contributed by atoms with Crippen molar-refractivity contribution in [2.45, 2.75) is 57.1 Å². The third kappa shape index (κ3) is 3.54. The predicted molar refractivity (Wildman–Crippen MR) is 80.6 cm³/mol. The minimum absolute atomic E-state index is 0.175. The van der Waals surface area contributed by atoms with Gasteiger partial charge in [0, 0.05) is 6.61 Å². The van der Waals surface area contributed by atoms with Crippen LogP contribution in [0.15, 0.2) is 4.52 Å². The summed E-state index contributed by atoms with van der Waals surface area (Å²) >= 11 is 1.77. The fraction of sp³-hybridized carbons (Fsp3) is 0.857. The largest absolute Gasteiger partial charge is 0.367 e. The predicted octanol–water partition coefficient (Wildman–Crippen LogP) is 3.02. The first-order valence-electron chi connectivity index (χ1n) is 7.44. The van der Waals surface area contributed by atoms with Crippen LogP contribution in [0, 0.1) is 0 Å². The van der Waals surface area contributed by atoms with Crippen molar-refractivity contribution in [2.24, 2.45) is 5.73 Å². The monoisotopic (exact) mass is 299 g/mol. The highest BCUT2D eigenvalue weighted by Gasteiger charge is 2.39. The van der Waals surface area contributed by atoms with Crippen LogP contribution in [0.4, 0.5) is 0 Å². The molecule has 1 aliphatic rings. The summed E-state index contributed by atoms with van der Waals surface area (Å²) in [5.41, 5.74) is 5.74. The third-order valence-corrected chi connectivity index (χ3v) is 4.53. The molecule has 20 heavy (non-hydrogen) atoms. The summed E-state index contributed by atoms with van der Waals surface area (Å²) in [6.45, 7) is 2.68. The molecular formula is C14H25N3O2S. The molecule has 1 saturated carbocycles. The SMILES string of the molecule is CCOC1(c2noc(C(N)CCSC)n2)CCCCC1. The van der Waals surface area contributed by atoms with E-state index in [9.17, 15) is 0 Å². The Morgan fingerprint density at radius 3 is 2.80 bits per heavy atom. The second-order valence-corrected chi connectivity index (χ2v) is 6.32. The van der Waals surface area contributed by atoms with Gasteiger partial charge in [-0.3, -0.25) is 0 Å². The number of nitrogens with two attached hydrogens (primary N) is 1. The van der Waals surface area contributed by atoms with Gasteiger partial charge in [-0.05, 0) is 38.2 Å². The fourth-order valence-electron chi connectivity index (χ4n) is 2.77. The van der Waals surface area contributed by atoms with Crippen molar-refractivity contribution in [2.75, 3.05) is 18.6 Å². The van der Waals surface area contributed by atoms with E-state index in [4.69, 9.17) is 15.0 Å². The topological polar surface area (TPSA) is 74.2 Å². The summed E-state index contributed by atoms with van der Waals surface area (Å²) in [6.07, 6.45) is 8.43. The van der Waals surface area contributed by atoms with Gasteiger partial charge in [-0.15, -0.1) is 0 Å². The smallest absolute Gasteiger partial charge is 0.243 e. The maximum absolute atomic E-state index is 6.09. The quantitative estimate of drug-likeness (QED) is 0.834. The summed E-state index contributed by atoms with van der Waals surface area (Å²) in [5.74, 6) is 2.22. The Kier molecular flexibility index (Phi) is 5.86. The Balaban J connectivity index is 2.12. The Morgan fingerprint density at radius 2 is 2.15 bits per heavy atom. The molecule has 0 radical (unpaired) electrons. The molecule has 6 heteroatoms. The van der Waals surface area contributed by atoms with E-state index < -0.39 is 0 Å². The van der Waals surface area contributed by atoms with Crippen molar-refractivity contribution in [3.05, 3.63) is 11.7 Å². The van der Waals surface area contributed by atoms with E-state index in [0.29, 0.717) is 18.3 Å². The van der Waals surface area contributed by atoms with E-state index in [1.54, 1.807) is 11.8 Å². The molecule has 0 aromatic carbocycles. The zero-order valence-electron chi connectivity index (χ0n) is 12.4. The number of nitrogens with zero attached hydrogens (tertiary/aromatic N) is 2. The highest BCUT2D eigenvalue weighted by molar-refractivity contribution is 7.98. The number of aromatic nitrogens is 2. The maximum Gasteiger partial charge on any atom is 0.243 e. The lowest BCUT2D eigenvalue weighted by Gasteiger charge is -2.33. The molecule has 114 valence electrons. The molecule has 2 rings (SSSR count). The molecular weight excluding hydrogens is 274 g/mol. The molecule has 1 aliphatic carbocycles. The van der Waals surface area contributed by atoms with Crippen LogP contribution in [-0.4, -0.2) is 28.8 Å². The molecule has 1 aromatic rings. The highest BCUT2D eigenvalue weighted by Crippen LogP contribution is 2.39. The van der Waals surface area contributed by atoms with Gasteiger partial charge >= 0.3 is 0 Å². The molecule has 1 atom stereocenters. The van der Waals surface area contributed by atoms with E-state index in [1.807, 2.05) is 6.92 Å². The van der Waals surface area contributed by atoms with Crippen molar-refractivity contribution < 1.29 is 9.26 Å². The molecule has 0 amide bonds. The van der Waals surface area contributed by atoms with Gasteiger partial charge in [0.1, 0.15) is 5.60 Å². The van der Waals surface area contributed by atoms with E-state index in [-0.39, 0.29) is 11.6 Å². The van der Waals surface area contributed by atoms with E-state index in [2.05, 4.69) is 16.4 Å². The third-order valence-electron chi connectivity index (χ3n) is 3.88. The van der Waals surface area contributed by atoms with Crippen LogP contribution in [-0.2, 0) is 10.3 Å². The standard InChI is InChI=1S/C14H25N3O2S/c1-3-18-14(8-5-4-6-9-14)13-16-12(19-17-13)11(15)7-10-20-2/h11H,3-10,15H2,1-2H3. The van der Waals surface area contributed by atoms with Crippen molar-refractivity contribution in [3.63, 3.8) is 0 Å². The van der Waals surface area contributed by atoms with Crippen LogP contribution in [0.3, 0.4) is 0 Å². The Morgan fingerprint density at radius 1 is 1.40 bits per heavy atom. The summed E-state index contributed by atoms with van der Waals surface area (Å²) in [5, 5.41) is 4.16. The zero-order valence-corrected chi connectivity index (χ0v) is 13.2. The normalized spacial score (nSPS) is 19.9. The average molecular weight is 299 g/mol. The summed E-state index contributed by atoms with van der Waals surface area (Å²) in [6, 6.07) is -0.175. The van der Waals surface area contributed by atoms with Crippen LogP contribution in [0.5, 0.6) is 0 Å². The minimum Gasteiger partial charge on any atom is -0.367 e. The Bertz CT molecular complexity index is 399. The van der Waals surface area contributed by atoms with Gasteiger partial charge in [-0.25, -0.2) is 0 Å². The van der Waals surface area contributed by atoms with Crippen molar-refractivity contribution in [1.29, 1.82) is 0 Å². The maximum atomic E-state index is 6.09. The average Bonchev–Trinajstić information content (AvgIpc) is 2.96. The van der Waals surface area contributed by atoms with Gasteiger partial charge in [0.2, 0.25) is 11.7 Å². The van der Waals surface area contributed by atoms with Crippen molar-refractivity contribution in [3.8, 4) is 0 Å². The van der Waals surface area contributed by atoms with Gasteiger partial charge in [-0.2, -0.15) is 16.7 Å². The highest BCUT2D eigenvalue weighted by atomic mass is 32.2. The summed E-state index contributed by atoms with van der Waals surface area (Å²) in [7, 11) is 0. The molecule has 1 fully saturated rings. The number of ether oxygens (including phenoxy) is 1. The van der Waals surface area contributed by atoms with Gasteiger partial charge < -0.3 is 15.0 Å². The lowest BCUT2D eigenvalue weighted by Crippen LogP contribution is -2.33. The van der Waals surface area contributed by atoms with Crippen molar-refractivity contribution in [1.82, 2.24) is 10.1 Å². The number of thioether (sulfide) groups is 1. The molecule has 0 aliphatic heterocycles. The van der Waals surface area contributed by atoms with Gasteiger partial charge in [-0.1, -0.05) is 24.4 Å². The Labute approximate surface area is 125 Å². The van der Waals surface area contributed by atoms with E-state index in [1.165, 1.54) is 6.42 Å². The first kappa shape index (κ1) is 15.8. The number of rotatable bonds is 7. The lowest BCUT2D eigenvalue weighted by molar-refractivity contribution is -0.0777. The van der Waals surface area contributed by atoms with Crippen molar-refractivity contribution >= 4 is 11.8 Å². The molecule has 0 bridgehead atoms. The van der Waals surface area contributed by atoms with E-state index in [0.717, 1.165) is 37.9 Å². The molecule has 2 N–H and O–H groups in total. The molecule has 0 saturated heterocycles. The van der Waals surface area contributed by atoms with Crippen LogP contribution < -0.4 is 5.73 Å². The van der Waals surface area contributed by atoms with Gasteiger partial charge in [0.25, 0.3) is 0 Å². The first-order valence-corrected chi connectivity index (χ1v) is 8.84. The summed E-state index contributed by atoms with van der Waals surface area (Å²) in [4.78, 5) is 4.54. The van der Waals surface area contributed by atoms with Gasteiger partial charge in [0.15, 0.2) is 0 Å². The zero-order chi connectivity index (χ0) is 14.4. The summed E-state index contributed by atoms with van der Waals surface area (Å²) < 4.78 is 11.4. The fourth-order valence-corrected chi connectivity index (χ4v) is 3.26. The molecule has 0 spiro atoms. The van der Waals surface area contributed by atoms with Crippen LogP contribution >= 0.6 is 11.8 Å². The lowest BCUT2D eigenvalue weighted by atomic mass is 9.84. The molecule has 1 unspecified atom stereocenters. The van der Waals surface area contributed by atoms with Crippen LogP contribution in [0.2, 0.25) is 0 Å². The van der Waals surface area contributed by atoms with E-state index >= 15 is 0 Å². The molecule has 1 aromatic heterocycles. The first-order chi connectivity index (χ1) is 9.72. The second-order valence-electron chi connectivity index (χ2n) is 5.33. The number of hydrogen-bond donors (Lipinski definition) is 1. The van der Waals surface area contributed by atoms with Gasteiger partial charge in [0.05, 0.1) is 6.04 Å². The number of hydrogen-bond acceptors (Lipinski definition) is 6. The van der Waals surface area contributed by atoms with Crippen LogP contribution in [0.1, 0.15) is 63.2 Å².